The van der Waals surface area contributed by atoms with Gasteiger partial charge in [0.15, 0.2) is 0 Å². The second kappa shape index (κ2) is 7.49. The summed E-state index contributed by atoms with van der Waals surface area (Å²) in [4.78, 5) is 13.9. The van der Waals surface area contributed by atoms with Crippen molar-refractivity contribution in [2.75, 3.05) is 20.8 Å². The van der Waals surface area contributed by atoms with Crippen LogP contribution in [0.15, 0.2) is 24.3 Å². The van der Waals surface area contributed by atoms with Crippen LogP contribution in [0.4, 0.5) is 4.79 Å². The fourth-order valence-corrected chi connectivity index (χ4v) is 2.79. The molecule has 2 rings (SSSR count). The van der Waals surface area contributed by atoms with Crippen molar-refractivity contribution in [3.8, 4) is 5.75 Å². The summed E-state index contributed by atoms with van der Waals surface area (Å²) >= 11 is 0. The van der Waals surface area contributed by atoms with E-state index in [-0.39, 0.29) is 18.7 Å². The SMILES string of the molecule is CCCC1CC1NC(=O)N(C)C(CO)c1ccc(OC)cc1. The first-order chi connectivity index (χ1) is 10.6. The molecule has 0 bridgehead atoms. The maximum atomic E-state index is 12.3. The van der Waals surface area contributed by atoms with Gasteiger partial charge in [-0.05, 0) is 36.5 Å². The third-order valence-corrected chi connectivity index (χ3v) is 4.35. The summed E-state index contributed by atoms with van der Waals surface area (Å²) in [5.74, 6) is 1.38. The van der Waals surface area contributed by atoms with Crippen molar-refractivity contribution in [3.63, 3.8) is 0 Å². The van der Waals surface area contributed by atoms with Crippen LogP contribution in [-0.4, -0.2) is 42.8 Å². The van der Waals surface area contributed by atoms with Crippen molar-refractivity contribution in [1.29, 1.82) is 0 Å². The Morgan fingerprint density at radius 3 is 2.68 bits per heavy atom. The molecule has 1 aromatic carbocycles. The minimum absolute atomic E-state index is 0.112. The molecule has 1 saturated carbocycles. The van der Waals surface area contributed by atoms with Crippen molar-refractivity contribution in [2.45, 2.75) is 38.3 Å². The van der Waals surface area contributed by atoms with Crippen molar-refractivity contribution in [1.82, 2.24) is 10.2 Å². The fourth-order valence-electron chi connectivity index (χ4n) is 2.79. The van der Waals surface area contributed by atoms with Crippen LogP contribution in [0, 0.1) is 5.92 Å². The first-order valence-corrected chi connectivity index (χ1v) is 7.88. The summed E-state index contributed by atoms with van der Waals surface area (Å²) in [5, 5.41) is 12.7. The highest BCUT2D eigenvalue weighted by Gasteiger charge is 2.38. The van der Waals surface area contributed by atoms with Crippen molar-refractivity contribution < 1.29 is 14.6 Å². The molecule has 0 aliphatic heterocycles. The van der Waals surface area contributed by atoms with E-state index >= 15 is 0 Å². The Morgan fingerprint density at radius 1 is 1.45 bits per heavy atom. The van der Waals surface area contributed by atoms with Crippen molar-refractivity contribution >= 4 is 6.03 Å². The zero-order valence-electron chi connectivity index (χ0n) is 13.6. The van der Waals surface area contributed by atoms with Gasteiger partial charge in [0.05, 0.1) is 19.8 Å². The number of benzene rings is 1. The van der Waals surface area contributed by atoms with Gasteiger partial charge in [-0.3, -0.25) is 0 Å². The molecule has 1 aromatic rings. The van der Waals surface area contributed by atoms with Gasteiger partial charge in [0, 0.05) is 13.1 Å². The molecule has 3 atom stereocenters. The van der Waals surface area contributed by atoms with E-state index < -0.39 is 0 Å². The number of likely N-dealkylation sites (N-methyl/N-ethyl adjacent to an activating group) is 1. The lowest BCUT2D eigenvalue weighted by Gasteiger charge is -2.27. The molecule has 0 radical (unpaired) electrons. The number of hydrogen-bond donors (Lipinski definition) is 2. The number of aliphatic hydroxyl groups excluding tert-OH is 1. The third-order valence-electron chi connectivity index (χ3n) is 4.35. The Morgan fingerprint density at radius 2 is 2.14 bits per heavy atom. The molecule has 2 amide bonds. The maximum absolute atomic E-state index is 12.3. The molecule has 2 N–H and O–H groups in total. The summed E-state index contributed by atoms with van der Waals surface area (Å²) in [5.41, 5.74) is 0.891. The van der Waals surface area contributed by atoms with Crippen LogP contribution in [0.3, 0.4) is 0 Å². The van der Waals surface area contributed by atoms with E-state index in [1.165, 1.54) is 0 Å². The van der Waals surface area contributed by atoms with Gasteiger partial charge in [0.1, 0.15) is 5.75 Å². The largest absolute Gasteiger partial charge is 0.497 e. The summed E-state index contributed by atoms with van der Waals surface area (Å²) in [7, 11) is 3.33. The highest BCUT2D eigenvalue weighted by Crippen LogP contribution is 2.35. The number of rotatable bonds is 7. The van der Waals surface area contributed by atoms with Crippen LogP contribution in [0.1, 0.15) is 37.8 Å². The number of amides is 2. The molecule has 0 aromatic heterocycles. The Kier molecular flexibility index (Phi) is 5.66. The summed E-state index contributed by atoms with van der Waals surface area (Å²) in [6.07, 6.45) is 3.38. The monoisotopic (exact) mass is 306 g/mol. The highest BCUT2D eigenvalue weighted by molar-refractivity contribution is 5.75. The Bertz CT molecular complexity index is 489. The van der Waals surface area contributed by atoms with Crippen molar-refractivity contribution in [3.05, 3.63) is 29.8 Å². The summed E-state index contributed by atoms with van der Waals surface area (Å²) in [6.45, 7) is 2.05. The quantitative estimate of drug-likeness (QED) is 0.814. The molecule has 3 unspecified atom stereocenters. The minimum Gasteiger partial charge on any atom is -0.497 e. The van der Waals surface area contributed by atoms with E-state index in [4.69, 9.17) is 4.74 Å². The standard InChI is InChI=1S/C17H26N2O3/c1-4-5-13-10-15(13)18-17(21)19(2)16(11-20)12-6-8-14(22-3)9-7-12/h6-9,13,15-16,20H,4-5,10-11H2,1-3H3,(H,18,21). The van der Waals surface area contributed by atoms with E-state index in [2.05, 4.69) is 12.2 Å². The van der Waals surface area contributed by atoms with Gasteiger partial charge in [-0.15, -0.1) is 0 Å². The lowest BCUT2D eigenvalue weighted by atomic mass is 10.1. The average molecular weight is 306 g/mol. The Balaban J connectivity index is 1.95. The molecule has 22 heavy (non-hydrogen) atoms. The number of ether oxygens (including phenoxy) is 1. The van der Waals surface area contributed by atoms with Gasteiger partial charge >= 0.3 is 6.03 Å². The fraction of sp³-hybridized carbons (Fsp3) is 0.588. The average Bonchev–Trinajstić information content (AvgIpc) is 3.26. The Hall–Kier alpha value is -1.75. The van der Waals surface area contributed by atoms with E-state index in [0.29, 0.717) is 12.0 Å². The lowest BCUT2D eigenvalue weighted by Crippen LogP contribution is -2.42. The number of hydrogen-bond acceptors (Lipinski definition) is 3. The van der Waals surface area contributed by atoms with Gasteiger partial charge in [-0.25, -0.2) is 4.79 Å². The van der Waals surface area contributed by atoms with Crippen LogP contribution in [0.2, 0.25) is 0 Å². The van der Waals surface area contributed by atoms with E-state index in [9.17, 15) is 9.90 Å². The third kappa shape index (κ3) is 3.91. The smallest absolute Gasteiger partial charge is 0.317 e. The molecular weight excluding hydrogens is 280 g/mol. The van der Waals surface area contributed by atoms with Crippen LogP contribution in [0.5, 0.6) is 5.75 Å². The second-order valence-corrected chi connectivity index (χ2v) is 5.92. The number of nitrogens with one attached hydrogen (secondary N) is 1. The van der Waals surface area contributed by atoms with Crippen molar-refractivity contribution in [2.24, 2.45) is 5.92 Å². The van der Waals surface area contributed by atoms with Gasteiger partial charge < -0.3 is 20.1 Å². The van der Waals surface area contributed by atoms with E-state index in [1.807, 2.05) is 24.3 Å². The summed E-state index contributed by atoms with van der Waals surface area (Å²) < 4.78 is 5.13. The number of nitrogens with zero attached hydrogens (tertiary/aromatic N) is 1. The zero-order valence-corrected chi connectivity index (χ0v) is 13.6. The first kappa shape index (κ1) is 16.6. The number of methoxy groups -OCH3 is 1. The molecule has 0 spiro atoms. The molecule has 1 aliphatic rings. The molecule has 122 valence electrons. The zero-order chi connectivity index (χ0) is 16.1. The van der Waals surface area contributed by atoms with E-state index in [0.717, 1.165) is 30.6 Å². The number of aliphatic hydroxyl groups is 1. The van der Waals surface area contributed by atoms with Gasteiger partial charge in [0.25, 0.3) is 0 Å². The molecule has 1 fully saturated rings. The van der Waals surface area contributed by atoms with Crippen LogP contribution in [-0.2, 0) is 0 Å². The number of carbonyl (C=O) groups is 1. The van der Waals surface area contributed by atoms with E-state index in [1.54, 1.807) is 19.1 Å². The molecule has 1 aliphatic carbocycles. The number of urea groups is 1. The molecule has 5 heteroatoms. The predicted molar refractivity (Wildman–Crippen MR) is 85.9 cm³/mol. The summed E-state index contributed by atoms with van der Waals surface area (Å²) in [6, 6.07) is 7.24. The molecular formula is C17H26N2O3. The molecule has 0 saturated heterocycles. The normalized spacial score (nSPS) is 21.1. The lowest BCUT2D eigenvalue weighted by molar-refractivity contribution is 0.149. The number of carbonyl (C=O) groups excluding carboxylic acids is 1. The highest BCUT2D eigenvalue weighted by atomic mass is 16.5. The van der Waals surface area contributed by atoms with Gasteiger partial charge in [-0.1, -0.05) is 25.5 Å². The van der Waals surface area contributed by atoms with Crippen LogP contribution in [0.25, 0.3) is 0 Å². The molecule has 0 heterocycles. The van der Waals surface area contributed by atoms with Crippen LogP contribution >= 0.6 is 0 Å². The van der Waals surface area contributed by atoms with Gasteiger partial charge in [-0.2, -0.15) is 0 Å². The van der Waals surface area contributed by atoms with Gasteiger partial charge in [0.2, 0.25) is 0 Å². The minimum atomic E-state index is -0.353. The van der Waals surface area contributed by atoms with Crippen LogP contribution < -0.4 is 10.1 Å². The maximum Gasteiger partial charge on any atom is 0.317 e. The Labute approximate surface area is 132 Å². The second-order valence-electron chi connectivity index (χ2n) is 5.92. The topological polar surface area (TPSA) is 61.8 Å². The predicted octanol–water partition coefficient (Wildman–Crippen LogP) is 2.56. The molecule has 5 nitrogen and oxygen atoms in total. The first-order valence-electron chi connectivity index (χ1n) is 7.88.